The second-order valence-corrected chi connectivity index (χ2v) is 5.24. The third kappa shape index (κ3) is 3.08. The zero-order chi connectivity index (χ0) is 16.4. The fourth-order valence-electron chi connectivity index (χ4n) is 2.20. The fraction of sp³-hybridized carbons (Fsp3) is 0.188. The average Bonchev–Trinajstić information content (AvgIpc) is 2.93. The van der Waals surface area contributed by atoms with Crippen LogP contribution >= 0.6 is 0 Å². The largest absolute Gasteiger partial charge is 0.311 e. The van der Waals surface area contributed by atoms with Gasteiger partial charge in [-0.25, -0.2) is 14.9 Å². The normalized spacial score (nSPS) is 11.3. The van der Waals surface area contributed by atoms with Gasteiger partial charge in [0.25, 0.3) is 5.78 Å². The van der Waals surface area contributed by atoms with Crippen LogP contribution in [0.15, 0.2) is 35.4 Å². The highest BCUT2D eigenvalue weighted by atomic mass is 16.2. The van der Waals surface area contributed by atoms with E-state index in [-0.39, 0.29) is 5.82 Å². The molecule has 0 fully saturated rings. The molecule has 1 amide bonds. The first kappa shape index (κ1) is 14.8. The summed E-state index contributed by atoms with van der Waals surface area (Å²) in [4.78, 5) is 20.5. The smallest absolute Gasteiger partial charge is 0.264 e. The Kier molecular flexibility index (Phi) is 3.84. The minimum Gasteiger partial charge on any atom is -0.264 e. The van der Waals surface area contributed by atoms with E-state index >= 15 is 0 Å². The Bertz CT molecular complexity index is 912. The van der Waals surface area contributed by atoms with E-state index in [1.165, 1.54) is 4.52 Å². The summed E-state index contributed by atoms with van der Waals surface area (Å²) in [7, 11) is 0. The van der Waals surface area contributed by atoms with Gasteiger partial charge in [-0.3, -0.25) is 4.79 Å². The van der Waals surface area contributed by atoms with E-state index in [1.807, 2.05) is 51.1 Å². The van der Waals surface area contributed by atoms with Gasteiger partial charge in [0.05, 0.1) is 6.21 Å². The predicted molar refractivity (Wildman–Crippen MR) is 86.5 cm³/mol. The van der Waals surface area contributed by atoms with E-state index in [4.69, 9.17) is 0 Å². The average molecular weight is 308 g/mol. The summed E-state index contributed by atoms with van der Waals surface area (Å²) in [6.07, 6.45) is 1.59. The molecular formula is C16H16N6O. The topological polar surface area (TPSA) is 84.5 Å². The number of rotatable bonds is 3. The van der Waals surface area contributed by atoms with Crippen LogP contribution < -0.4 is 5.43 Å². The van der Waals surface area contributed by atoms with Crippen LogP contribution in [0.2, 0.25) is 0 Å². The van der Waals surface area contributed by atoms with Gasteiger partial charge in [-0.2, -0.15) is 10.1 Å². The number of hydrogen-bond donors (Lipinski definition) is 1. The number of amides is 1. The van der Waals surface area contributed by atoms with Crippen molar-refractivity contribution in [3.63, 3.8) is 0 Å². The Morgan fingerprint density at radius 1 is 1.22 bits per heavy atom. The van der Waals surface area contributed by atoms with Crippen LogP contribution in [-0.4, -0.2) is 31.7 Å². The maximum absolute atomic E-state index is 12.1. The van der Waals surface area contributed by atoms with E-state index in [0.29, 0.717) is 5.78 Å². The molecule has 3 rings (SSSR count). The van der Waals surface area contributed by atoms with E-state index in [9.17, 15) is 4.79 Å². The minimum atomic E-state index is -0.475. The van der Waals surface area contributed by atoms with Crippen LogP contribution in [-0.2, 0) is 0 Å². The molecule has 1 N–H and O–H groups in total. The molecule has 7 heteroatoms. The quantitative estimate of drug-likeness (QED) is 0.591. The summed E-state index contributed by atoms with van der Waals surface area (Å²) < 4.78 is 1.53. The lowest BCUT2D eigenvalue weighted by molar-refractivity contribution is 0.0945. The van der Waals surface area contributed by atoms with Gasteiger partial charge in [0.1, 0.15) is 0 Å². The Balaban J connectivity index is 1.79. The number of carbonyl (C=O) groups excluding carboxylic acids is 1. The summed E-state index contributed by atoms with van der Waals surface area (Å²) in [5, 5.41) is 8.11. The molecule has 0 atom stereocenters. The summed E-state index contributed by atoms with van der Waals surface area (Å²) in [6, 6.07) is 9.63. The molecule has 2 aromatic heterocycles. The third-order valence-electron chi connectivity index (χ3n) is 3.38. The van der Waals surface area contributed by atoms with Gasteiger partial charge in [-0.05, 0) is 38.0 Å². The van der Waals surface area contributed by atoms with Crippen LogP contribution in [0.4, 0.5) is 0 Å². The Hall–Kier alpha value is -3.09. The standard InChI is InChI=1S/C16H16N6O/c1-10-6-4-5-7-13(10)9-17-20-15(23)14-19-16-18-11(2)8-12(3)22(16)21-14/h4-9H,1-3H3,(H,20,23)/b17-9-. The molecule has 0 aliphatic carbocycles. The molecule has 23 heavy (non-hydrogen) atoms. The van der Waals surface area contributed by atoms with Gasteiger partial charge >= 0.3 is 5.91 Å². The number of nitrogens with one attached hydrogen (secondary N) is 1. The summed E-state index contributed by atoms with van der Waals surface area (Å²) >= 11 is 0. The molecule has 3 aromatic rings. The van der Waals surface area contributed by atoms with Crippen LogP contribution in [0.25, 0.3) is 5.78 Å². The minimum absolute atomic E-state index is 0.0353. The number of carbonyl (C=O) groups is 1. The van der Waals surface area contributed by atoms with E-state index in [0.717, 1.165) is 22.5 Å². The van der Waals surface area contributed by atoms with Crippen molar-refractivity contribution in [2.24, 2.45) is 5.10 Å². The van der Waals surface area contributed by atoms with Crippen molar-refractivity contribution in [1.29, 1.82) is 0 Å². The van der Waals surface area contributed by atoms with Crippen LogP contribution in [0, 0.1) is 20.8 Å². The van der Waals surface area contributed by atoms with Crippen molar-refractivity contribution in [2.75, 3.05) is 0 Å². The SMILES string of the molecule is Cc1cc(C)n2nc(C(=O)N/N=C\c3ccccc3C)nc2n1. The summed E-state index contributed by atoms with van der Waals surface area (Å²) in [6.45, 7) is 5.73. The first-order chi connectivity index (χ1) is 11.0. The highest BCUT2D eigenvalue weighted by molar-refractivity contribution is 5.92. The van der Waals surface area contributed by atoms with E-state index in [1.54, 1.807) is 6.21 Å². The number of aromatic nitrogens is 4. The van der Waals surface area contributed by atoms with Crippen LogP contribution in [0.1, 0.15) is 33.1 Å². The lowest BCUT2D eigenvalue weighted by Crippen LogP contribution is -2.19. The molecule has 0 unspecified atom stereocenters. The molecule has 0 spiro atoms. The highest BCUT2D eigenvalue weighted by Crippen LogP contribution is 2.06. The van der Waals surface area contributed by atoms with Crippen molar-refractivity contribution in [1.82, 2.24) is 25.0 Å². The van der Waals surface area contributed by atoms with Gasteiger partial charge < -0.3 is 0 Å². The van der Waals surface area contributed by atoms with Crippen molar-refractivity contribution >= 4 is 17.9 Å². The zero-order valence-electron chi connectivity index (χ0n) is 13.1. The summed E-state index contributed by atoms with van der Waals surface area (Å²) in [5.41, 5.74) is 6.13. The third-order valence-corrected chi connectivity index (χ3v) is 3.38. The number of nitrogens with zero attached hydrogens (tertiary/aromatic N) is 5. The molecule has 0 saturated heterocycles. The van der Waals surface area contributed by atoms with Crippen LogP contribution in [0.3, 0.4) is 0 Å². The predicted octanol–water partition coefficient (Wildman–Crippen LogP) is 1.81. The molecule has 0 saturated carbocycles. The first-order valence-electron chi connectivity index (χ1n) is 7.14. The Morgan fingerprint density at radius 3 is 2.78 bits per heavy atom. The van der Waals surface area contributed by atoms with Gasteiger partial charge in [-0.1, -0.05) is 24.3 Å². The molecule has 0 aliphatic rings. The number of hydrazone groups is 1. The molecule has 0 bridgehead atoms. The lowest BCUT2D eigenvalue weighted by Gasteiger charge is -1.98. The van der Waals surface area contributed by atoms with Gasteiger partial charge in [-0.15, -0.1) is 5.10 Å². The number of aryl methyl sites for hydroxylation is 3. The van der Waals surface area contributed by atoms with E-state index < -0.39 is 5.91 Å². The lowest BCUT2D eigenvalue weighted by atomic mass is 10.1. The zero-order valence-corrected chi connectivity index (χ0v) is 13.1. The van der Waals surface area contributed by atoms with Crippen molar-refractivity contribution < 1.29 is 4.79 Å². The van der Waals surface area contributed by atoms with Gasteiger partial charge in [0.15, 0.2) is 0 Å². The first-order valence-corrected chi connectivity index (χ1v) is 7.14. The maximum Gasteiger partial charge on any atom is 0.311 e. The van der Waals surface area contributed by atoms with Crippen LogP contribution in [0.5, 0.6) is 0 Å². The maximum atomic E-state index is 12.1. The number of hydrogen-bond acceptors (Lipinski definition) is 5. The number of benzene rings is 1. The van der Waals surface area contributed by atoms with Crippen molar-refractivity contribution in [3.8, 4) is 0 Å². The fourth-order valence-corrected chi connectivity index (χ4v) is 2.20. The Labute approximate surface area is 133 Å². The molecular weight excluding hydrogens is 292 g/mol. The molecule has 0 radical (unpaired) electrons. The summed E-state index contributed by atoms with van der Waals surface area (Å²) in [5.74, 6) is -0.0407. The second-order valence-electron chi connectivity index (χ2n) is 5.24. The van der Waals surface area contributed by atoms with E-state index in [2.05, 4.69) is 25.6 Å². The molecule has 0 aliphatic heterocycles. The number of fused-ring (bicyclic) bond motifs is 1. The van der Waals surface area contributed by atoms with Gasteiger partial charge in [0.2, 0.25) is 5.82 Å². The molecule has 2 heterocycles. The molecule has 1 aromatic carbocycles. The molecule has 116 valence electrons. The van der Waals surface area contributed by atoms with Gasteiger partial charge in [0, 0.05) is 11.4 Å². The second kappa shape index (κ2) is 5.96. The van der Waals surface area contributed by atoms with Crippen molar-refractivity contribution in [3.05, 3.63) is 58.7 Å². The Morgan fingerprint density at radius 2 is 2.00 bits per heavy atom. The van der Waals surface area contributed by atoms with Crippen molar-refractivity contribution in [2.45, 2.75) is 20.8 Å². The monoisotopic (exact) mass is 308 g/mol. The molecule has 7 nitrogen and oxygen atoms in total. The highest BCUT2D eigenvalue weighted by Gasteiger charge is 2.14.